The predicted octanol–water partition coefficient (Wildman–Crippen LogP) is 1.24. The first kappa shape index (κ1) is 8.71. The molecule has 1 N–H and O–H groups in total. The molecule has 1 aliphatic carbocycles. The molecule has 0 spiro atoms. The van der Waals surface area contributed by atoms with E-state index in [-0.39, 0.29) is 11.8 Å². The number of aliphatic imine (C=N–C) groups is 1. The molecule has 0 aromatic carbocycles. The maximum atomic E-state index is 11.2. The van der Waals surface area contributed by atoms with Crippen LogP contribution in [0.5, 0.6) is 0 Å². The number of hydrogen-bond donors (Lipinski definition) is 1. The normalized spacial score (nSPS) is 16.8. The molecule has 1 fully saturated rings. The quantitative estimate of drug-likeness (QED) is 0.493. The molecule has 12 heavy (non-hydrogen) atoms. The standard InChI is InChI=1S/C9H12N2O/c1-3-8(6-10-2)11-9(12)7-4-5-7/h3,6-7H,1-2,4-5H2,(H,11,12)/b8-6+. The van der Waals surface area contributed by atoms with Gasteiger partial charge in [0.05, 0.1) is 5.70 Å². The predicted molar refractivity (Wildman–Crippen MR) is 48.7 cm³/mol. The molecular formula is C9H12N2O. The van der Waals surface area contributed by atoms with Crippen LogP contribution in [-0.4, -0.2) is 12.6 Å². The molecule has 0 atom stereocenters. The topological polar surface area (TPSA) is 41.5 Å². The number of hydrogen-bond acceptors (Lipinski definition) is 2. The van der Waals surface area contributed by atoms with Crippen LogP contribution in [0.3, 0.4) is 0 Å². The fourth-order valence-electron chi connectivity index (χ4n) is 0.824. The second kappa shape index (κ2) is 3.85. The highest BCUT2D eigenvalue weighted by molar-refractivity contribution is 5.82. The first-order chi connectivity index (χ1) is 5.77. The van der Waals surface area contributed by atoms with Gasteiger partial charge in [0.15, 0.2) is 0 Å². The largest absolute Gasteiger partial charge is 0.325 e. The van der Waals surface area contributed by atoms with Crippen LogP contribution in [0.15, 0.2) is 29.5 Å². The van der Waals surface area contributed by atoms with E-state index in [1.54, 1.807) is 6.08 Å². The van der Waals surface area contributed by atoms with E-state index in [1.165, 1.54) is 6.20 Å². The monoisotopic (exact) mass is 164 g/mol. The number of nitrogens with zero attached hydrogens (tertiary/aromatic N) is 1. The first-order valence-electron chi connectivity index (χ1n) is 3.87. The Morgan fingerprint density at radius 3 is 2.67 bits per heavy atom. The molecule has 0 heterocycles. The molecule has 1 aliphatic rings. The molecular weight excluding hydrogens is 152 g/mol. The second-order valence-corrected chi connectivity index (χ2v) is 2.73. The SMILES string of the molecule is C=C/C(=C\N=C)NC(=O)C1CC1. The molecule has 0 aromatic heterocycles. The fraction of sp³-hybridized carbons (Fsp3) is 0.333. The molecule has 64 valence electrons. The Hall–Kier alpha value is -1.38. The van der Waals surface area contributed by atoms with E-state index in [9.17, 15) is 4.79 Å². The second-order valence-electron chi connectivity index (χ2n) is 2.73. The third kappa shape index (κ3) is 2.34. The number of nitrogens with one attached hydrogen (secondary N) is 1. The summed E-state index contributed by atoms with van der Waals surface area (Å²) in [6.07, 6.45) is 5.03. The molecule has 3 heteroatoms. The lowest BCUT2D eigenvalue weighted by atomic mass is 10.3. The van der Waals surface area contributed by atoms with Crippen molar-refractivity contribution < 1.29 is 4.79 Å². The van der Waals surface area contributed by atoms with E-state index >= 15 is 0 Å². The molecule has 1 amide bonds. The van der Waals surface area contributed by atoms with Crippen molar-refractivity contribution in [1.29, 1.82) is 0 Å². The van der Waals surface area contributed by atoms with Gasteiger partial charge < -0.3 is 5.32 Å². The zero-order valence-electron chi connectivity index (χ0n) is 6.92. The number of carbonyl (C=O) groups is 1. The molecule has 0 aromatic rings. The van der Waals surface area contributed by atoms with Crippen LogP contribution in [0.2, 0.25) is 0 Å². The van der Waals surface area contributed by atoms with E-state index in [0.717, 1.165) is 12.8 Å². The molecule has 1 rings (SSSR count). The van der Waals surface area contributed by atoms with Crippen LogP contribution in [-0.2, 0) is 4.79 Å². The Morgan fingerprint density at radius 2 is 2.25 bits per heavy atom. The third-order valence-electron chi connectivity index (χ3n) is 1.67. The van der Waals surface area contributed by atoms with Crippen molar-refractivity contribution in [2.45, 2.75) is 12.8 Å². The highest BCUT2D eigenvalue weighted by Crippen LogP contribution is 2.28. The van der Waals surface area contributed by atoms with Gasteiger partial charge in [-0.25, -0.2) is 0 Å². The summed E-state index contributed by atoms with van der Waals surface area (Å²) >= 11 is 0. The Labute approximate surface area is 71.9 Å². The van der Waals surface area contributed by atoms with Crippen molar-refractivity contribution >= 4 is 12.6 Å². The highest BCUT2D eigenvalue weighted by atomic mass is 16.2. The van der Waals surface area contributed by atoms with Gasteiger partial charge in [0.25, 0.3) is 0 Å². The summed E-state index contributed by atoms with van der Waals surface area (Å²) < 4.78 is 0. The molecule has 0 bridgehead atoms. The number of rotatable bonds is 4. The van der Waals surface area contributed by atoms with Gasteiger partial charge in [0, 0.05) is 12.1 Å². The van der Waals surface area contributed by atoms with Gasteiger partial charge in [-0.05, 0) is 25.6 Å². The molecule has 1 saturated carbocycles. The minimum Gasteiger partial charge on any atom is -0.325 e. The molecule has 0 saturated heterocycles. The van der Waals surface area contributed by atoms with Gasteiger partial charge in [0.2, 0.25) is 5.91 Å². The van der Waals surface area contributed by atoms with E-state index in [1.807, 2.05) is 0 Å². The summed E-state index contributed by atoms with van der Waals surface area (Å²) in [4.78, 5) is 14.7. The van der Waals surface area contributed by atoms with Gasteiger partial charge >= 0.3 is 0 Å². The summed E-state index contributed by atoms with van der Waals surface area (Å²) in [6.45, 7) is 6.83. The third-order valence-corrected chi connectivity index (χ3v) is 1.67. The Bertz CT molecular complexity index is 239. The van der Waals surface area contributed by atoms with Crippen molar-refractivity contribution in [1.82, 2.24) is 5.32 Å². The van der Waals surface area contributed by atoms with Crippen LogP contribution in [0.25, 0.3) is 0 Å². The smallest absolute Gasteiger partial charge is 0.227 e. The Morgan fingerprint density at radius 1 is 1.58 bits per heavy atom. The van der Waals surface area contributed by atoms with Gasteiger partial charge in [0.1, 0.15) is 0 Å². The van der Waals surface area contributed by atoms with Gasteiger partial charge in [-0.15, -0.1) is 0 Å². The van der Waals surface area contributed by atoms with E-state index in [0.29, 0.717) is 5.70 Å². The van der Waals surface area contributed by atoms with Crippen LogP contribution >= 0.6 is 0 Å². The lowest BCUT2D eigenvalue weighted by molar-refractivity contribution is -0.121. The van der Waals surface area contributed by atoms with Gasteiger partial charge in [-0.3, -0.25) is 9.79 Å². The number of amides is 1. The zero-order chi connectivity index (χ0) is 8.97. The van der Waals surface area contributed by atoms with E-state index < -0.39 is 0 Å². The molecule has 3 nitrogen and oxygen atoms in total. The maximum absolute atomic E-state index is 11.2. The minimum absolute atomic E-state index is 0.0600. The van der Waals surface area contributed by atoms with E-state index in [2.05, 4.69) is 23.6 Å². The van der Waals surface area contributed by atoms with Gasteiger partial charge in [-0.1, -0.05) is 6.58 Å². The highest BCUT2D eigenvalue weighted by Gasteiger charge is 2.29. The average Bonchev–Trinajstić information content (AvgIpc) is 2.85. The molecule has 0 radical (unpaired) electrons. The van der Waals surface area contributed by atoms with Gasteiger partial charge in [-0.2, -0.15) is 0 Å². The maximum Gasteiger partial charge on any atom is 0.227 e. The molecule has 0 aliphatic heterocycles. The Balaban J connectivity index is 2.45. The van der Waals surface area contributed by atoms with Crippen molar-refractivity contribution in [3.05, 3.63) is 24.6 Å². The lowest BCUT2D eigenvalue weighted by Crippen LogP contribution is -2.23. The van der Waals surface area contributed by atoms with E-state index in [4.69, 9.17) is 0 Å². The summed E-state index contributed by atoms with van der Waals surface area (Å²) in [7, 11) is 0. The fourth-order valence-corrected chi connectivity index (χ4v) is 0.824. The summed E-state index contributed by atoms with van der Waals surface area (Å²) in [5.41, 5.74) is 0.613. The van der Waals surface area contributed by atoms with Crippen LogP contribution in [0.4, 0.5) is 0 Å². The van der Waals surface area contributed by atoms with Crippen LogP contribution < -0.4 is 5.32 Å². The summed E-state index contributed by atoms with van der Waals surface area (Å²) in [5, 5.41) is 2.70. The van der Waals surface area contributed by atoms with Crippen molar-refractivity contribution in [3.8, 4) is 0 Å². The minimum atomic E-state index is 0.0600. The van der Waals surface area contributed by atoms with Crippen molar-refractivity contribution in [3.63, 3.8) is 0 Å². The summed E-state index contributed by atoms with van der Waals surface area (Å²) in [5.74, 6) is 0.267. The number of allylic oxidation sites excluding steroid dienone is 1. The average molecular weight is 164 g/mol. The molecule has 0 unspecified atom stereocenters. The Kier molecular flexibility index (Phi) is 2.80. The van der Waals surface area contributed by atoms with Crippen LogP contribution in [0.1, 0.15) is 12.8 Å². The van der Waals surface area contributed by atoms with Crippen LogP contribution in [0, 0.1) is 5.92 Å². The van der Waals surface area contributed by atoms with Crippen molar-refractivity contribution in [2.75, 3.05) is 0 Å². The zero-order valence-corrected chi connectivity index (χ0v) is 6.92. The van der Waals surface area contributed by atoms with Crippen molar-refractivity contribution in [2.24, 2.45) is 10.9 Å². The first-order valence-corrected chi connectivity index (χ1v) is 3.87. The lowest BCUT2D eigenvalue weighted by Gasteiger charge is -2.02. The number of carbonyl (C=O) groups excluding carboxylic acids is 1. The summed E-state index contributed by atoms with van der Waals surface area (Å²) in [6, 6.07) is 0.